The van der Waals surface area contributed by atoms with Gasteiger partial charge in [-0.05, 0) is 17.7 Å². The predicted molar refractivity (Wildman–Crippen MR) is 72.1 cm³/mol. The van der Waals surface area contributed by atoms with Crippen LogP contribution in [0.3, 0.4) is 0 Å². The van der Waals surface area contributed by atoms with Crippen LogP contribution < -0.4 is 4.74 Å². The van der Waals surface area contributed by atoms with Gasteiger partial charge in [0.2, 0.25) is 5.75 Å². The number of ketones is 1. The number of fused-ring (bicyclic) bond motifs is 1. The minimum atomic E-state index is -0.659. The minimum absolute atomic E-state index is 0.0347. The van der Waals surface area contributed by atoms with Crippen molar-refractivity contribution >= 4 is 5.78 Å². The van der Waals surface area contributed by atoms with Gasteiger partial charge in [-0.15, -0.1) is 0 Å². The molecule has 0 radical (unpaired) electrons. The maximum Gasteiger partial charge on any atom is 0.201 e. The van der Waals surface area contributed by atoms with Gasteiger partial charge in [0.15, 0.2) is 17.3 Å². The zero-order valence-electron chi connectivity index (χ0n) is 10.8. The second kappa shape index (κ2) is 4.59. The fourth-order valence-corrected chi connectivity index (χ4v) is 2.37. The molecular weight excluding hydrogens is 276 g/mol. The van der Waals surface area contributed by atoms with E-state index in [1.165, 1.54) is 12.1 Å². The average Bonchev–Trinajstić information content (AvgIpc) is 2.45. The number of Topliss-reactive ketones (excluding diaryl/α,β-unsaturated/α-hetero) is 1. The highest BCUT2D eigenvalue weighted by Crippen LogP contribution is 2.47. The van der Waals surface area contributed by atoms with Crippen molar-refractivity contribution in [2.24, 2.45) is 0 Å². The number of hydrogen-bond acceptors (Lipinski definition) is 6. The van der Waals surface area contributed by atoms with Gasteiger partial charge < -0.3 is 25.2 Å². The number of hydrogen-bond donors (Lipinski definition) is 4. The molecule has 4 N–H and O–H groups in total. The quantitative estimate of drug-likeness (QED) is 0.471. The average molecular weight is 288 g/mol. The number of ether oxygens (including phenoxy) is 1. The van der Waals surface area contributed by atoms with Gasteiger partial charge in [0, 0.05) is 6.07 Å². The summed E-state index contributed by atoms with van der Waals surface area (Å²) < 4.78 is 5.33. The molecule has 0 amide bonds. The molecule has 1 aliphatic rings. The third kappa shape index (κ3) is 2.01. The predicted octanol–water partition coefficient (Wildman–Crippen LogP) is 1.87. The zero-order chi connectivity index (χ0) is 15.1. The molecule has 0 aromatic heterocycles. The molecule has 1 atom stereocenters. The van der Waals surface area contributed by atoms with Crippen molar-refractivity contribution in [2.75, 3.05) is 6.61 Å². The summed E-state index contributed by atoms with van der Waals surface area (Å²) in [4.78, 5) is 12.5. The SMILES string of the molecule is O=C1c2c(O)cc(O)c(O)c2OC[C@@H]1c1ccc(O)cc1. The fraction of sp³-hybridized carbons (Fsp3) is 0.133. The van der Waals surface area contributed by atoms with Gasteiger partial charge in [0.05, 0.1) is 5.92 Å². The maximum absolute atomic E-state index is 12.5. The van der Waals surface area contributed by atoms with E-state index in [2.05, 4.69) is 0 Å². The number of rotatable bonds is 1. The summed E-state index contributed by atoms with van der Waals surface area (Å²) in [6.07, 6.45) is 0. The molecule has 1 heterocycles. The molecule has 108 valence electrons. The molecule has 21 heavy (non-hydrogen) atoms. The molecule has 6 nitrogen and oxygen atoms in total. The fourth-order valence-electron chi connectivity index (χ4n) is 2.37. The van der Waals surface area contributed by atoms with Crippen LogP contribution in [0.5, 0.6) is 28.7 Å². The van der Waals surface area contributed by atoms with Crippen LogP contribution >= 0.6 is 0 Å². The first kappa shape index (κ1) is 13.1. The van der Waals surface area contributed by atoms with Crippen molar-refractivity contribution in [1.82, 2.24) is 0 Å². The Bertz CT molecular complexity index is 720. The van der Waals surface area contributed by atoms with Gasteiger partial charge in [0.25, 0.3) is 0 Å². The number of carbonyl (C=O) groups is 1. The van der Waals surface area contributed by atoms with Gasteiger partial charge in [-0.1, -0.05) is 12.1 Å². The Morgan fingerprint density at radius 3 is 2.33 bits per heavy atom. The molecule has 2 aromatic carbocycles. The normalized spacial score (nSPS) is 17.1. The van der Waals surface area contributed by atoms with E-state index in [1.807, 2.05) is 0 Å². The molecule has 0 unspecified atom stereocenters. The van der Waals surface area contributed by atoms with Crippen LogP contribution in [-0.2, 0) is 0 Å². The van der Waals surface area contributed by atoms with Crippen molar-refractivity contribution in [3.05, 3.63) is 41.5 Å². The minimum Gasteiger partial charge on any atom is -0.508 e. The lowest BCUT2D eigenvalue weighted by molar-refractivity contribution is 0.0888. The Labute approximate surface area is 119 Å². The number of benzene rings is 2. The first-order valence-corrected chi connectivity index (χ1v) is 6.23. The molecule has 3 rings (SSSR count). The van der Waals surface area contributed by atoms with Crippen LogP contribution in [0.25, 0.3) is 0 Å². The largest absolute Gasteiger partial charge is 0.508 e. The van der Waals surface area contributed by atoms with Crippen molar-refractivity contribution in [2.45, 2.75) is 5.92 Å². The Morgan fingerprint density at radius 1 is 1.00 bits per heavy atom. The Morgan fingerprint density at radius 2 is 1.67 bits per heavy atom. The number of phenols is 4. The Kier molecular flexibility index (Phi) is 2.86. The molecule has 0 bridgehead atoms. The van der Waals surface area contributed by atoms with E-state index in [-0.39, 0.29) is 23.7 Å². The van der Waals surface area contributed by atoms with Gasteiger partial charge in [-0.3, -0.25) is 4.79 Å². The lowest BCUT2D eigenvalue weighted by Gasteiger charge is -2.25. The van der Waals surface area contributed by atoms with Crippen LogP contribution in [-0.4, -0.2) is 32.8 Å². The molecule has 0 saturated carbocycles. The third-order valence-electron chi connectivity index (χ3n) is 3.47. The maximum atomic E-state index is 12.5. The molecule has 0 spiro atoms. The zero-order valence-corrected chi connectivity index (χ0v) is 10.8. The number of carbonyl (C=O) groups excluding carboxylic acids is 1. The van der Waals surface area contributed by atoms with Gasteiger partial charge in [-0.25, -0.2) is 0 Å². The monoisotopic (exact) mass is 288 g/mol. The van der Waals surface area contributed by atoms with E-state index >= 15 is 0 Å². The van der Waals surface area contributed by atoms with E-state index in [9.17, 15) is 25.2 Å². The molecule has 0 fully saturated rings. The van der Waals surface area contributed by atoms with Crippen LogP contribution in [0.1, 0.15) is 21.8 Å². The van der Waals surface area contributed by atoms with Crippen LogP contribution in [0.15, 0.2) is 30.3 Å². The Balaban J connectivity index is 2.07. The molecule has 0 aliphatic carbocycles. The first-order chi connectivity index (χ1) is 9.99. The summed E-state index contributed by atoms with van der Waals surface area (Å²) in [6.45, 7) is -0.0347. The van der Waals surface area contributed by atoms with E-state index in [0.717, 1.165) is 6.07 Å². The van der Waals surface area contributed by atoms with E-state index in [1.54, 1.807) is 12.1 Å². The summed E-state index contributed by atoms with van der Waals surface area (Å²) in [6, 6.07) is 6.97. The van der Waals surface area contributed by atoms with Crippen LogP contribution in [0.2, 0.25) is 0 Å². The summed E-state index contributed by atoms with van der Waals surface area (Å²) in [5, 5.41) is 38.2. The second-order valence-corrected chi connectivity index (χ2v) is 4.79. The summed E-state index contributed by atoms with van der Waals surface area (Å²) in [5.74, 6) is -2.79. The summed E-state index contributed by atoms with van der Waals surface area (Å²) in [5.41, 5.74) is 0.463. The standard InChI is InChI=1S/C15H12O6/c16-8-3-1-7(2-4-8)9-6-21-15-12(13(9)19)10(17)5-11(18)14(15)20/h1-5,9,16-18,20H,6H2/t9-/m1/s1. The van der Waals surface area contributed by atoms with Crippen LogP contribution in [0.4, 0.5) is 0 Å². The second-order valence-electron chi connectivity index (χ2n) is 4.79. The highest BCUT2D eigenvalue weighted by molar-refractivity contribution is 6.07. The molecule has 2 aromatic rings. The van der Waals surface area contributed by atoms with Gasteiger partial charge in [0.1, 0.15) is 23.7 Å². The first-order valence-electron chi connectivity index (χ1n) is 6.23. The van der Waals surface area contributed by atoms with E-state index in [0.29, 0.717) is 5.56 Å². The molecular formula is C15H12O6. The van der Waals surface area contributed by atoms with Crippen molar-refractivity contribution in [1.29, 1.82) is 0 Å². The third-order valence-corrected chi connectivity index (χ3v) is 3.47. The van der Waals surface area contributed by atoms with E-state index in [4.69, 9.17) is 4.74 Å². The number of phenolic OH excluding ortho intramolecular Hbond substituents is 4. The van der Waals surface area contributed by atoms with Crippen molar-refractivity contribution in [3.63, 3.8) is 0 Å². The molecule has 1 aliphatic heterocycles. The number of aromatic hydroxyl groups is 4. The highest BCUT2D eigenvalue weighted by atomic mass is 16.5. The van der Waals surface area contributed by atoms with Gasteiger partial charge in [-0.2, -0.15) is 0 Å². The van der Waals surface area contributed by atoms with Crippen LogP contribution in [0, 0.1) is 0 Å². The summed E-state index contributed by atoms with van der Waals surface area (Å²) in [7, 11) is 0. The Hall–Kier alpha value is -2.89. The highest BCUT2D eigenvalue weighted by Gasteiger charge is 2.35. The molecule has 0 saturated heterocycles. The summed E-state index contributed by atoms with van der Waals surface area (Å²) >= 11 is 0. The smallest absolute Gasteiger partial charge is 0.201 e. The topological polar surface area (TPSA) is 107 Å². The van der Waals surface area contributed by atoms with Crippen molar-refractivity contribution < 1.29 is 30.0 Å². The van der Waals surface area contributed by atoms with Gasteiger partial charge >= 0.3 is 0 Å². The molecule has 6 heteroatoms. The van der Waals surface area contributed by atoms with Crippen molar-refractivity contribution in [3.8, 4) is 28.7 Å². The van der Waals surface area contributed by atoms with E-state index < -0.39 is 28.9 Å². The lowest BCUT2D eigenvalue weighted by atomic mass is 9.88. The lowest BCUT2D eigenvalue weighted by Crippen LogP contribution is -2.26.